The Balaban J connectivity index is 2.15. The van der Waals surface area contributed by atoms with Crippen LogP contribution in [0.25, 0.3) is 5.52 Å². The normalized spacial score (nSPS) is 11.8. The predicted molar refractivity (Wildman–Crippen MR) is 94.6 cm³/mol. The number of fused-ring (bicyclic) bond motifs is 1. The molecule has 0 aliphatic heterocycles. The summed E-state index contributed by atoms with van der Waals surface area (Å²) in [5, 5.41) is 3.74. The van der Waals surface area contributed by atoms with Gasteiger partial charge in [-0.3, -0.25) is 4.90 Å². The number of hydrogen-bond donors (Lipinski definition) is 0. The van der Waals surface area contributed by atoms with Gasteiger partial charge in [-0.1, -0.05) is 0 Å². The number of carbonyl (C=O) groups is 1. The molecule has 0 fully saturated rings. The summed E-state index contributed by atoms with van der Waals surface area (Å²) in [5.74, 6) is -0.493. The minimum absolute atomic E-state index is 0.0429. The Hall–Kier alpha value is -2.20. The van der Waals surface area contributed by atoms with Gasteiger partial charge in [-0.05, 0) is 48.3 Å². The quantitative estimate of drug-likeness (QED) is 0.599. The molecule has 8 nitrogen and oxygen atoms in total. The van der Waals surface area contributed by atoms with E-state index < -0.39 is 17.5 Å². The molecule has 0 saturated carbocycles. The highest BCUT2D eigenvalue weighted by Crippen LogP contribution is 2.30. The number of anilines is 1. The number of carbonyl (C=O) groups excluding carboxylic acids is 1. The zero-order valence-electron chi connectivity index (χ0n) is 14.0. The summed E-state index contributed by atoms with van der Waals surface area (Å²) in [5.41, 5.74) is -0.820. The highest BCUT2D eigenvalue weighted by atomic mass is 79.9. The van der Waals surface area contributed by atoms with Crippen molar-refractivity contribution in [2.24, 2.45) is 0 Å². The van der Waals surface area contributed by atoms with E-state index in [0.29, 0.717) is 0 Å². The average molecular weight is 447 g/mol. The molecule has 3 heterocycles. The van der Waals surface area contributed by atoms with Gasteiger partial charge in [0.2, 0.25) is 11.2 Å². The number of amides is 1. The van der Waals surface area contributed by atoms with Crippen molar-refractivity contribution in [2.45, 2.75) is 32.9 Å². The lowest BCUT2D eigenvalue weighted by Crippen LogP contribution is -2.37. The Labute approximate surface area is 161 Å². The first-order valence-corrected chi connectivity index (χ1v) is 8.61. The number of hydrogen-bond acceptors (Lipinski definition) is 6. The molecule has 0 saturated heterocycles. The number of nitrogens with zero attached hydrogens (tertiary/aromatic N) is 5. The van der Waals surface area contributed by atoms with E-state index in [4.69, 9.17) is 20.8 Å². The van der Waals surface area contributed by atoms with Crippen LogP contribution >= 0.6 is 27.5 Å². The number of aromatic nitrogens is 4. The predicted octanol–water partition coefficient (Wildman–Crippen LogP) is 4.21. The summed E-state index contributed by atoms with van der Waals surface area (Å²) in [7, 11) is 0. The van der Waals surface area contributed by atoms with E-state index in [2.05, 4.69) is 31.0 Å². The Morgan fingerprint density at radius 3 is 2.85 bits per heavy atom. The van der Waals surface area contributed by atoms with Crippen LogP contribution in [-0.2, 0) is 11.3 Å². The number of halogens is 3. The largest absolute Gasteiger partial charge is 0.447 e. The maximum absolute atomic E-state index is 14.6. The molecule has 0 bridgehead atoms. The van der Waals surface area contributed by atoms with Gasteiger partial charge in [0.1, 0.15) is 23.9 Å². The molecule has 11 heteroatoms. The third-order valence-electron chi connectivity index (χ3n) is 3.13. The van der Waals surface area contributed by atoms with Crippen LogP contribution in [-0.4, -0.2) is 31.3 Å². The van der Waals surface area contributed by atoms with E-state index >= 15 is 0 Å². The molecule has 1 amide bonds. The standard InChI is InChI=1S/C15H14BrClFN5O3/c1-15(2,3)26-14(24)22(7-9-19-4-5-25-9)12-11-10(18)8(16)6-23(11)21-13(17)20-12/h4-6H,7H2,1-3H3. The van der Waals surface area contributed by atoms with Crippen LogP contribution in [0.1, 0.15) is 26.7 Å². The summed E-state index contributed by atoms with van der Waals surface area (Å²) in [4.78, 5) is 21.9. The summed E-state index contributed by atoms with van der Waals surface area (Å²) < 4.78 is 26.5. The second kappa shape index (κ2) is 6.84. The van der Waals surface area contributed by atoms with Crippen LogP contribution in [0.3, 0.4) is 0 Å². The molecule has 0 aliphatic carbocycles. The monoisotopic (exact) mass is 445 g/mol. The minimum atomic E-state index is -0.778. The molecule has 138 valence electrons. The smallest absolute Gasteiger partial charge is 0.416 e. The fourth-order valence-corrected chi connectivity index (χ4v) is 2.71. The van der Waals surface area contributed by atoms with E-state index in [9.17, 15) is 9.18 Å². The zero-order chi connectivity index (χ0) is 19.1. The fourth-order valence-electron chi connectivity index (χ4n) is 2.17. The topological polar surface area (TPSA) is 85.8 Å². The molecule has 0 atom stereocenters. The van der Waals surface area contributed by atoms with Gasteiger partial charge in [-0.25, -0.2) is 18.7 Å². The second-order valence-electron chi connectivity index (χ2n) is 6.28. The maximum Gasteiger partial charge on any atom is 0.416 e. The van der Waals surface area contributed by atoms with Gasteiger partial charge in [0.15, 0.2) is 11.6 Å². The van der Waals surface area contributed by atoms with E-state index in [-0.39, 0.29) is 33.5 Å². The van der Waals surface area contributed by atoms with Gasteiger partial charge in [0.25, 0.3) is 0 Å². The highest BCUT2D eigenvalue weighted by Gasteiger charge is 2.30. The van der Waals surface area contributed by atoms with E-state index in [1.54, 1.807) is 20.8 Å². The summed E-state index contributed by atoms with van der Waals surface area (Å²) in [6, 6.07) is 0. The van der Waals surface area contributed by atoms with Crippen molar-refractivity contribution in [3.63, 3.8) is 0 Å². The lowest BCUT2D eigenvalue weighted by Gasteiger charge is -2.26. The van der Waals surface area contributed by atoms with Crippen LogP contribution in [0.15, 0.2) is 27.5 Å². The molecule has 0 aliphatic rings. The summed E-state index contributed by atoms with van der Waals surface area (Å²) in [6.07, 6.45) is 3.41. The van der Waals surface area contributed by atoms with Gasteiger partial charge in [-0.2, -0.15) is 4.98 Å². The van der Waals surface area contributed by atoms with Crippen LogP contribution in [0.2, 0.25) is 5.28 Å². The minimum Gasteiger partial charge on any atom is -0.447 e. The molecule has 3 aromatic rings. The summed E-state index contributed by atoms with van der Waals surface area (Å²) >= 11 is 9.04. The van der Waals surface area contributed by atoms with Gasteiger partial charge >= 0.3 is 6.09 Å². The summed E-state index contributed by atoms with van der Waals surface area (Å²) in [6.45, 7) is 5.01. The first-order chi connectivity index (χ1) is 12.2. The van der Waals surface area contributed by atoms with Crippen LogP contribution < -0.4 is 4.90 Å². The lowest BCUT2D eigenvalue weighted by atomic mass is 10.2. The van der Waals surface area contributed by atoms with Crippen molar-refractivity contribution in [3.05, 3.63) is 40.1 Å². The zero-order valence-corrected chi connectivity index (χ0v) is 16.4. The van der Waals surface area contributed by atoms with Crippen molar-refractivity contribution >= 4 is 45.0 Å². The van der Waals surface area contributed by atoms with Crippen LogP contribution in [0, 0.1) is 5.82 Å². The van der Waals surface area contributed by atoms with Crippen molar-refractivity contribution in [3.8, 4) is 0 Å². The van der Waals surface area contributed by atoms with Crippen molar-refractivity contribution in [1.29, 1.82) is 0 Å². The number of oxazole rings is 1. The van der Waals surface area contributed by atoms with Gasteiger partial charge in [0.05, 0.1) is 10.7 Å². The molecule has 26 heavy (non-hydrogen) atoms. The SMILES string of the molecule is CC(C)(C)OC(=O)N(Cc1ncco1)c1nc(Cl)nn2cc(Br)c(F)c12. The Kier molecular flexibility index (Phi) is 4.89. The lowest BCUT2D eigenvalue weighted by molar-refractivity contribution is 0.0573. The van der Waals surface area contributed by atoms with E-state index in [1.165, 1.54) is 23.2 Å². The van der Waals surface area contributed by atoms with Crippen LogP contribution in [0.5, 0.6) is 0 Å². The molecular formula is C15H14BrClFN5O3. The van der Waals surface area contributed by atoms with Gasteiger partial charge in [0, 0.05) is 6.20 Å². The van der Waals surface area contributed by atoms with Crippen molar-refractivity contribution in [1.82, 2.24) is 19.6 Å². The maximum atomic E-state index is 14.6. The van der Waals surface area contributed by atoms with Gasteiger partial charge in [-0.15, -0.1) is 5.10 Å². The van der Waals surface area contributed by atoms with Crippen molar-refractivity contribution in [2.75, 3.05) is 4.90 Å². The molecule has 0 spiro atoms. The molecule has 0 N–H and O–H groups in total. The molecule has 3 rings (SSSR count). The first-order valence-electron chi connectivity index (χ1n) is 7.44. The number of rotatable bonds is 3. The van der Waals surface area contributed by atoms with Crippen molar-refractivity contribution < 1.29 is 18.3 Å². The number of ether oxygens (including phenoxy) is 1. The Morgan fingerprint density at radius 2 is 2.23 bits per heavy atom. The average Bonchev–Trinajstić information content (AvgIpc) is 3.11. The Bertz CT molecular complexity index is 954. The molecule has 0 radical (unpaired) electrons. The third-order valence-corrected chi connectivity index (χ3v) is 3.84. The fraction of sp³-hybridized carbons (Fsp3) is 0.333. The van der Waals surface area contributed by atoms with Crippen LogP contribution in [0.4, 0.5) is 15.0 Å². The Morgan fingerprint density at radius 1 is 1.50 bits per heavy atom. The molecule has 3 aromatic heterocycles. The highest BCUT2D eigenvalue weighted by molar-refractivity contribution is 9.10. The van der Waals surface area contributed by atoms with E-state index in [1.807, 2.05) is 0 Å². The molecular weight excluding hydrogens is 433 g/mol. The van der Waals surface area contributed by atoms with E-state index in [0.717, 1.165) is 4.90 Å². The molecule has 0 aromatic carbocycles. The third kappa shape index (κ3) is 3.80. The van der Waals surface area contributed by atoms with Gasteiger partial charge < -0.3 is 9.15 Å². The first kappa shape index (κ1) is 18.6. The second-order valence-corrected chi connectivity index (χ2v) is 7.47. The molecule has 0 unspecified atom stereocenters.